The Hall–Kier alpha value is -2.22. The van der Waals surface area contributed by atoms with Crippen LogP contribution in [0.1, 0.15) is 34.6 Å². The van der Waals surface area contributed by atoms with Crippen molar-refractivity contribution in [1.29, 1.82) is 0 Å². The highest BCUT2D eigenvalue weighted by Gasteiger charge is 2.50. The van der Waals surface area contributed by atoms with Crippen LogP contribution in [0.25, 0.3) is 0 Å². The SMILES string of the molecule is CC1=C[C@H](O)[C@H]2O[C@]1(C)O[C@H]([C@H](C)/C=C(C)/C=C/C(O)=C1/C(=O)CNC1=O)[C@H]2C. The molecular weight excluding hydrogens is 374 g/mol. The van der Waals surface area contributed by atoms with Gasteiger partial charge < -0.3 is 25.0 Å². The molecule has 0 aromatic heterocycles. The molecule has 3 N–H and O–H groups in total. The molecule has 7 nitrogen and oxygen atoms in total. The molecule has 2 fully saturated rings. The molecule has 6 atom stereocenters. The number of amides is 1. The Labute approximate surface area is 170 Å². The Morgan fingerprint density at radius 1 is 1.34 bits per heavy atom. The van der Waals surface area contributed by atoms with Crippen molar-refractivity contribution in [2.24, 2.45) is 11.8 Å². The van der Waals surface area contributed by atoms with E-state index in [0.717, 1.165) is 11.1 Å². The summed E-state index contributed by atoms with van der Waals surface area (Å²) in [5.74, 6) is -2.19. The lowest BCUT2D eigenvalue weighted by atomic mass is 9.81. The number of ether oxygens (including phenoxy) is 2. The molecule has 0 unspecified atom stereocenters. The molecule has 3 aliphatic rings. The summed E-state index contributed by atoms with van der Waals surface area (Å²) < 4.78 is 12.3. The third kappa shape index (κ3) is 4.08. The normalized spacial score (nSPS) is 38.1. The first-order valence-corrected chi connectivity index (χ1v) is 9.87. The van der Waals surface area contributed by atoms with Crippen LogP contribution in [0.4, 0.5) is 0 Å². The van der Waals surface area contributed by atoms with Crippen LogP contribution in [0.5, 0.6) is 0 Å². The molecule has 2 saturated heterocycles. The molecule has 0 aromatic carbocycles. The van der Waals surface area contributed by atoms with E-state index >= 15 is 0 Å². The first-order chi connectivity index (χ1) is 13.5. The Morgan fingerprint density at radius 2 is 2.03 bits per heavy atom. The van der Waals surface area contributed by atoms with E-state index in [1.54, 1.807) is 12.2 Å². The largest absolute Gasteiger partial charge is 0.507 e. The predicted molar refractivity (Wildman–Crippen MR) is 107 cm³/mol. The van der Waals surface area contributed by atoms with Crippen molar-refractivity contribution in [3.05, 3.63) is 46.8 Å². The van der Waals surface area contributed by atoms with Crippen molar-refractivity contribution >= 4 is 11.7 Å². The van der Waals surface area contributed by atoms with Gasteiger partial charge in [-0.1, -0.05) is 31.6 Å². The van der Waals surface area contributed by atoms with Crippen molar-refractivity contribution in [2.75, 3.05) is 6.54 Å². The van der Waals surface area contributed by atoms with Crippen LogP contribution in [-0.4, -0.2) is 52.5 Å². The Balaban J connectivity index is 1.76. The molecule has 0 radical (unpaired) electrons. The highest BCUT2D eigenvalue weighted by Crippen LogP contribution is 2.43. The Morgan fingerprint density at radius 3 is 2.66 bits per heavy atom. The summed E-state index contributed by atoms with van der Waals surface area (Å²) in [5, 5.41) is 22.8. The second-order valence-corrected chi connectivity index (χ2v) is 8.28. The van der Waals surface area contributed by atoms with Crippen molar-refractivity contribution < 1.29 is 29.3 Å². The molecule has 158 valence electrons. The van der Waals surface area contributed by atoms with E-state index in [0.29, 0.717) is 0 Å². The van der Waals surface area contributed by atoms with Crippen molar-refractivity contribution in [3.63, 3.8) is 0 Å². The average Bonchev–Trinajstić information content (AvgIpc) is 2.98. The van der Waals surface area contributed by atoms with E-state index in [4.69, 9.17) is 9.47 Å². The second kappa shape index (κ2) is 7.89. The lowest BCUT2D eigenvalue weighted by Crippen LogP contribution is -2.59. The van der Waals surface area contributed by atoms with Gasteiger partial charge in [-0.15, -0.1) is 0 Å². The van der Waals surface area contributed by atoms with Crippen LogP contribution in [0, 0.1) is 11.8 Å². The number of rotatable bonds is 4. The van der Waals surface area contributed by atoms with Gasteiger partial charge in [-0.25, -0.2) is 0 Å². The van der Waals surface area contributed by atoms with E-state index in [9.17, 15) is 19.8 Å². The Kier molecular flexibility index (Phi) is 5.85. The van der Waals surface area contributed by atoms with Crippen LogP contribution in [0.15, 0.2) is 46.8 Å². The number of carbonyl (C=O) groups is 2. The minimum atomic E-state index is -0.855. The van der Waals surface area contributed by atoms with Gasteiger partial charge in [-0.05, 0) is 38.5 Å². The smallest absolute Gasteiger partial charge is 0.259 e. The zero-order valence-corrected chi connectivity index (χ0v) is 17.4. The lowest BCUT2D eigenvalue weighted by Gasteiger charge is -2.52. The molecule has 29 heavy (non-hydrogen) atoms. The zero-order valence-electron chi connectivity index (χ0n) is 17.4. The third-order valence-corrected chi connectivity index (χ3v) is 5.95. The fourth-order valence-electron chi connectivity index (χ4n) is 4.19. The third-order valence-electron chi connectivity index (χ3n) is 5.95. The maximum absolute atomic E-state index is 11.7. The van der Waals surface area contributed by atoms with Crippen LogP contribution in [0.3, 0.4) is 0 Å². The summed E-state index contributed by atoms with van der Waals surface area (Å²) in [6.07, 6.45) is 5.64. The van der Waals surface area contributed by atoms with Gasteiger partial charge in [0.25, 0.3) is 5.91 Å². The molecule has 3 heterocycles. The van der Waals surface area contributed by atoms with Crippen LogP contribution < -0.4 is 5.32 Å². The number of ketones is 1. The molecule has 0 saturated carbocycles. The Bertz CT molecular complexity index is 820. The zero-order chi connectivity index (χ0) is 21.5. The van der Waals surface area contributed by atoms with Gasteiger partial charge in [0.15, 0.2) is 11.6 Å². The quantitative estimate of drug-likeness (QED) is 0.218. The predicted octanol–water partition coefficient (Wildman–Crippen LogP) is 2.09. The molecule has 0 aliphatic carbocycles. The van der Waals surface area contributed by atoms with Gasteiger partial charge in [0, 0.05) is 11.8 Å². The van der Waals surface area contributed by atoms with Crippen molar-refractivity contribution in [3.8, 4) is 0 Å². The summed E-state index contributed by atoms with van der Waals surface area (Å²) in [4.78, 5) is 23.3. The minimum absolute atomic E-state index is 0.00434. The number of aliphatic hydroxyl groups excluding tert-OH is 2. The summed E-state index contributed by atoms with van der Waals surface area (Å²) in [5.41, 5.74) is 1.49. The van der Waals surface area contributed by atoms with E-state index in [2.05, 4.69) is 5.32 Å². The van der Waals surface area contributed by atoms with Gasteiger partial charge in [0.1, 0.15) is 11.3 Å². The number of Topliss-reactive ketones (excluding diaryl/α,β-unsaturated/α-hetero) is 1. The van der Waals surface area contributed by atoms with E-state index in [1.807, 2.05) is 40.7 Å². The lowest BCUT2D eigenvalue weighted by molar-refractivity contribution is -0.331. The maximum atomic E-state index is 11.7. The van der Waals surface area contributed by atoms with Crippen molar-refractivity contribution in [1.82, 2.24) is 5.32 Å². The number of fused-ring (bicyclic) bond motifs is 2. The van der Waals surface area contributed by atoms with Gasteiger partial charge in [-0.3, -0.25) is 9.59 Å². The summed E-state index contributed by atoms with van der Waals surface area (Å²) in [6, 6.07) is 0. The van der Waals surface area contributed by atoms with E-state index in [1.165, 1.54) is 6.08 Å². The molecule has 7 heteroatoms. The summed E-state index contributed by atoms with van der Waals surface area (Å²) in [7, 11) is 0. The summed E-state index contributed by atoms with van der Waals surface area (Å²) >= 11 is 0. The van der Waals surface area contributed by atoms with Gasteiger partial charge in [0.05, 0.1) is 24.9 Å². The standard InChI is InChI=1S/C22H29NO6/c1-11(6-7-15(24)18-17(26)10-23-21(18)27)8-12(2)19-14(4)20-16(25)9-13(3)22(5,28-19)29-20/h6-9,12,14,16,19-20,24-25H,10H2,1-5H3,(H,23,27)/b7-6+,11-8+,18-15+/t12-,14-,16+,19-,20+,22+/m1/s1. The summed E-state index contributed by atoms with van der Waals surface area (Å²) in [6.45, 7) is 9.57. The molecule has 2 bridgehead atoms. The second-order valence-electron chi connectivity index (χ2n) is 8.28. The number of aliphatic hydroxyl groups is 2. The fourth-order valence-corrected chi connectivity index (χ4v) is 4.19. The van der Waals surface area contributed by atoms with Crippen molar-refractivity contribution in [2.45, 2.75) is 58.7 Å². The number of hydrogen-bond donors (Lipinski definition) is 3. The highest BCUT2D eigenvalue weighted by molar-refractivity contribution is 6.25. The molecule has 3 rings (SSSR count). The molecule has 0 aromatic rings. The topological polar surface area (TPSA) is 105 Å². The van der Waals surface area contributed by atoms with E-state index < -0.39 is 23.6 Å². The molecular formula is C22H29NO6. The van der Waals surface area contributed by atoms with Gasteiger partial charge in [-0.2, -0.15) is 0 Å². The highest BCUT2D eigenvalue weighted by atomic mass is 16.7. The van der Waals surface area contributed by atoms with Crippen LogP contribution in [-0.2, 0) is 19.1 Å². The minimum Gasteiger partial charge on any atom is -0.507 e. The molecule has 3 aliphatic heterocycles. The monoisotopic (exact) mass is 403 g/mol. The van der Waals surface area contributed by atoms with Crippen LogP contribution in [0.2, 0.25) is 0 Å². The first-order valence-electron chi connectivity index (χ1n) is 9.87. The molecule has 0 spiro atoms. The average molecular weight is 403 g/mol. The number of carbonyl (C=O) groups excluding carboxylic acids is 2. The fraction of sp³-hybridized carbons (Fsp3) is 0.545. The first kappa shape index (κ1) is 21.5. The van der Waals surface area contributed by atoms with E-state index in [-0.39, 0.29) is 41.9 Å². The number of nitrogens with one attached hydrogen (secondary N) is 1. The number of allylic oxidation sites excluding steroid dienone is 3. The molecule has 1 amide bonds. The van der Waals surface area contributed by atoms with Gasteiger partial charge >= 0.3 is 0 Å². The number of hydrogen-bond acceptors (Lipinski definition) is 6. The maximum Gasteiger partial charge on any atom is 0.259 e. The van der Waals surface area contributed by atoms with Gasteiger partial charge in [0.2, 0.25) is 0 Å². The van der Waals surface area contributed by atoms with Crippen LogP contribution >= 0.6 is 0 Å².